The van der Waals surface area contributed by atoms with Crippen LogP contribution in [0.15, 0.2) is 18.2 Å². The smallest absolute Gasteiger partial charge is 0.334 e. The maximum atomic E-state index is 12.7. The van der Waals surface area contributed by atoms with Crippen molar-refractivity contribution >= 4 is 27.5 Å². The highest BCUT2D eigenvalue weighted by Gasteiger charge is 2.31. The summed E-state index contributed by atoms with van der Waals surface area (Å²) >= 11 is 1.13. The topological polar surface area (TPSA) is 45.2 Å². The van der Waals surface area contributed by atoms with Gasteiger partial charge in [0.25, 0.3) is 5.91 Å². The van der Waals surface area contributed by atoms with Crippen molar-refractivity contribution in [3.8, 4) is 0 Å². The van der Waals surface area contributed by atoms with Crippen LogP contribution in [0.3, 0.4) is 0 Å². The average molecular weight is 315 g/mol. The van der Waals surface area contributed by atoms with Crippen LogP contribution in [0.4, 0.5) is 13.2 Å². The highest BCUT2D eigenvalue weighted by molar-refractivity contribution is 7.20. The van der Waals surface area contributed by atoms with Gasteiger partial charge in [-0.1, -0.05) is 0 Å². The predicted octanol–water partition coefficient (Wildman–Crippen LogP) is 2.36. The van der Waals surface area contributed by atoms with Crippen LogP contribution in [0.1, 0.15) is 15.4 Å². The molecule has 112 valence electrons. The Bertz CT molecular complexity index is 677. The van der Waals surface area contributed by atoms with E-state index in [-0.39, 0.29) is 16.4 Å². The first kappa shape index (κ1) is 14.3. The first-order valence-electron chi connectivity index (χ1n) is 6.43. The van der Waals surface area contributed by atoms with E-state index in [2.05, 4.69) is 10.3 Å². The van der Waals surface area contributed by atoms with E-state index < -0.39 is 11.7 Å². The van der Waals surface area contributed by atoms with Crippen LogP contribution >= 0.6 is 11.3 Å². The lowest BCUT2D eigenvalue weighted by molar-refractivity contribution is -0.137. The lowest BCUT2D eigenvalue weighted by Gasteiger charge is -2.26. The Morgan fingerprint density at radius 1 is 1.29 bits per heavy atom. The molecule has 0 aliphatic carbocycles. The summed E-state index contributed by atoms with van der Waals surface area (Å²) in [7, 11) is 0. The summed E-state index contributed by atoms with van der Waals surface area (Å²) in [6.07, 6.45) is -4.40. The number of benzene rings is 1. The third-order valence-corrected chi connectivity index (χ3v) is 4.33. The van der Waals surface area contributed by atoms with E-state index in [9.17, 15) is 18.0 Å². The molecule has 1 fully saturated rings. The molecule has 4 nitrogen and oxygen atoms in total. The zero-order valence-corrected chi connectivity index (χ0v) is 11.7. The van der Waals surface area contributed by atoms with E-state index in [0.717, 1.165) is 36.6 Å². The SMILES string of the molecule is O=C(c1nc2cc(C(F)(F)F)ccc2s1)N1CCNCC1. The summed E-state index contributed by atoms with van der Waals surface area (Å²) in [5.74, 6) is -0.216. The first-order chi connectivity index (χ1) is 9.95. The van der Waals surface area contributed by atoms with E-state index in [0.29, 0.717) is 17.8 Å². The summed E-state index contributed by atoms with van der Waals surface area (Å²) in [4.78, 5) is 18.0. The highest BCUT2D eigenvalue weighted by Crippen LogP contribution is 2.33. The van der Waals surface area contributed by atoms with Crippen molar-refractivity contribution in [1.29, 1.82) is 0 Å². The molecule has 1 aliphatic rings. The molecule has 2 heterocycles. The van der Waals surface area contributed by atoms with E-state index in [1.54, 1.807) is 4.90 Å². The monoisotopic (exact) mass is 315 g/mol. The molecular weight excluding hydrogens is 303 g/mol. The molecule has 2 aromatic rings. The van der Waals surface area contributed by atoms with Crippen molar-refractivity contribution in [2.75, 3.05) is 26.2 Å². The third-order valence-electron chi connectivity index (χ3n) is 3.30. The van der Waals surface area contributed by atoms with Gasteiger partial charge in [0.2, 0.25) is 0 Å². The lowest BCUT2D eigenvalue weighted by Crippen LogP contribution is -2.46. The van der Waals surface area contributed by atoms with Gasteiger partial charge in [-0.2, -0.15) is 13.2 Å². The molecule has 0 atom stereocenters. The summed E-state index contributed by atoms with van der Waals surface area (Å²) < 4.78 is 38.6. The minimum absolute atomic E-state index is 0.216. The number of thiazole rings is 1. The molecule has 0 unspecified atom stereocenters. The molecule has 3 rings (SSSR count). The number of halogens is 3. The van der Waals surface area contributed by atoms with Gasteiger partial charge in [0.05, 0.1) is 15.8 Å². The second kappa shape index (κ2) is 5.27. The van der Waals surface area contributed by atoms with Crippen LogP contribution in [0.25, 0.3) is 10.2 Å². The Balaban J connectivity index is 1.91. The van der Waals surface area contributed by atoms with E-state index >= 15 is 0 Å². The second-order valence-electron chi connectivity index (χ2n) is 4.74. The first-order valence-corrected chi connectivity index (χ1v) is 7.24. The average Bonchev–Trinajstić information content (AvgIpc) is 2.89. The van der Waals surface area contributed by atoms with Gasteiger partial charge in [-0.25, -0.2) is 4.98 Å². The van der Waals surface area contributed by atoms with Crippen LogP contribution < -0.4 is 5.32 Å². The van der Waals surface area contributed by atoms with Gasteiger partial charge < -0.3 is 10.2 Å². The highest BCUT2D eigenvalue weighted by atomic mass is 32.1. The van der Waals surface area contributed by atoms with Crippen molar-refractivity contribution in [3.63, 3.8) is 0 Å². The Labute approximate surface area is 122 Å². The molecule has 21 heavy (non-hydrogen) atoms. The zero-order valence-electron chi connectivity index (χ0n) is 10.9. The minimum Gasteiger partial charge on any atom is -0.334 e. The molecule has 1 aromatic carbocycles. The summed E-state index contributed by atoms with van der Waals surface area (Å²) in [5.41, 5.74) is -0.533. The number of amides is 1. The fraction of sp³-hybridized carbons (Fsp3) is 0.385. The Kier molecular flexibility index (Phi) is 3.58. The van der Waals surface area contributed by atoms with Gasteiger partial charge in [-0.05, 0) is 18.2 Å². The maximum Gasteiger partial charge on any atom is 0.416 e. The largest absolute Gasteiger partial charge is 0.416 e. The number of nitrogens with zero attached hydrogens (tertiary/aromatic N) is 2. The van der Waals surface area contributed by atoms with Crippen LogP contribution in [0.2, 0.25) is 0 Å². The number of aromatic nitrogens is 1. The van der Waals surface area contributed by atoms with Crippen LogP contribution in [0, 0.1) is 0 Å². The number of fused-ring (bicyclic) bond motifs is 1. The van der Waals surface area contributed by atoms with Crippen molar-refractivity contribution in [2.45, 2.75) is 6.18 Å². The predicted molar refractivity (Wildman–Crippen MR) is 73.4 cm³/mol. The van der Waals surface area contributed by atoms with Gasteiger partial charge in [0, 0.05) is 26.2 Å². The third kappa shape index (κ3) is 2.86. The molecule has 8 heteroatoms. The van der Waals surface area contributed by atoms with E-state index in [4.69, 9.17) is 0 Å². The Hall–Kier alpha value is -1.67. The molecule has 0 spiro atoms. The number of hydrogen-bond donors (Lipinski definition) is 1. The number of alkyl halides is 3. The number of nitrogens with one attached hydrogen (secondary N) is 1. The molecular formula is C13H12F3N3OS. The number of hydrogen-bond acceptors (Lipinski definition) is 4. The van der Waals surface area contributed by atoms with E-state index in [1.165, 1.54) is 6.07 Å². The number of rotatable bonds is 1. The molecule has 1 N–H and O–H groups in total. The lowest BCUT2D eigenvalue weighted by atomic mass is 10.2. The molecule has 1 aliphatic heterocycles. The zero-order chi connectivity index (χ0) is 15.0. The molecule has 1 saturated heterocycles. The number of carbonyl (C=O) groups excluding carboxylic acids is 1. The number of piperazine rings is 1. The van der Waals surface area contributed by atoms with Crippen molar-refractivity contribution < 1.29 is 18.0 Å². The van der Waals surface area contributed by atoms with Crippen molar-refractivity contribution in [2.24, 2.45) is 0 Å². The van der Waals surface area contributed by atoms with Crippen LogP contribution in [0.5, 0.6) is 0 Å². The van der Waals surface area contributed by atoms with Gasteiger partial charge in [0.1, 0.15) is 0 Å². The maximum absolute atomic E-state index is 12.7. The molecule has 1 amide bonds. The van der Waals surface area contributed by atoms with Crippen molar-refractivity contribution in [1.82, 2.24) is 15.2 Å². The standard InChI is InChI=1S/C13H12F3N3OS/c14-13(15,16)8-1-2-10-9(7-8)18-11(21-10)12(20)19-5-3-17-4-6-19/h1-2,7,17H,3-6H2. The minimum atomic E-state index is -4.40. The van der Waals surface area contributed by atoms with Gasteiger partial charge >= 0.3 is 6.18 Å². The van der Waals surface area contributed by atoms with E-state index in [1.807, 2.05) is 0 Å². The van der Waals surface area contributed by atoms with Crippen molar-refractivity contribution in [3.05, 3.63) is 28.8 Å². The normalized spacial score (nSPS) is 16.4. The Morgan fingerprint density at radius 3 is 2.67 bits per heavy atom. The number of carbonyl (C=O) groups is 1. The quantitative estimate of drug-likeness (QED) is 0.879. The second-order valence-corrected chi connectivity index (χ2v) is 5.77. The fourth-order valence-corrected chi connectivity index (χ4v) is 3.11. The van der Waals surface area contributed by atoms with Gasteiger partial charge in [-0.15, -0.1) is 11.3 Å². The van der Waals surface area contributed by atoms with Crippen LogP contribution in [-0.4, -0.2) is 42.0 Å². The fourth-order valence-electron chi connectivity index (χ4n) is 2.20. The molecule has 0 radical (unpaired) electrons. The molecule has 0 saturated carbocycles. The molecule has 1 aromatic heterocycles. The summed E-state index contributed by atoms with van der Waals surface area (Å²) in [6, 6.07) is 3.37. The summed E-state index contributed by atoms with van der Waals surface area (Å²) in [5, 5.41) is 3.38. The summed E-state index contributed by atoms with van der Waals surface area (Å²) in [6.45, 7) is 2.61. The van der Waals surface area contributed by atoms with Gasteiger partial charge in [-0.3, -0.25) is 4.79 Å². The Morgan fingerprint density at radius 2 is 2.00 bits per heavy atom. The van der Waals surface area contributed by atoms with Gasteiger partial charge in [0.15, 0.2) is 5.01 Å². The molecule has 0 bridgehead atoms. The van der Waals surface area contributed by atoms with Crippen LogP contribution in [-0.2, 0) is 6.18 Å².